The fourth-order valence-electron chi connectivity index (χ4n) is 2.49. The largest absolute Gasteiger partial charge is 0.412 e. The van der Waals surface area contributed by atoms with Crippen molar-refractivity contribution in [1.29, 1.82) is 0 Å². The van der Waals surface area contributed by atoms with Gasteiger partial charge >= 0.3 is 5.69 Å². The van der Waals surface area contributed by atoms with Gasteiger partial charge in [0.05, 0.1) is 9.85 Å². The number of nitrogens with two attached hydrogens (primary N) is 1. The van der Waals surface area contributed by atoms with Crippen molar-refractivity contribution in [3.05, 3.63) is 73.6 Å². The smallest absolute Gasteiger partial charge is 0.304 e. The van der Waals surface area contributed by atoms with E-state index in [0.717, 1.165) is 30.6 Å². The Balaban J connectivity index is 0. The Kier molecular flexibility index (Phi) is 14.3. The lowest BCUT2D eigenvalue weighted by Gasteiger charge is -2.09. The number of hydrogen-bond acceptors (Lipinski definition) is 8. The van der Waals surface area contributed by atoms with Crippen LogP contribution < -0.4 is 11.9 Å². The van der Waals surface area contributed by atoms with Crippen LogP contribution in [0.1, 0.15) is 11.1 Å². The van der Waals surface area contributed by atoms with Crippen molar-refractivity contribution >= 4 is 17.1 Å². The third-order valence-electron chi connectivity index (χ3n) is 4.19. The molecule has 0 spiro atoms. The van der Waals surface area contributed by atoms with E-state index in [9.17, 15) is 24.6 Å². The Hall–Kier alpha value is -3.19. The van der Waals surface area contributed by atoms with E-state index in [1.165, 1.54) is 18.2 Å². The summed E-state index contributed by atoms with van der Waals surface area (Å²) in [6.45, 7) is 1.69. The van der Waals surface area contributed by atoms with Gasteiger partial charge in [0.15, 0.2) is 0 Å². The van der Waals surface area contributed by atoms with Crippen LogP contribution in [0.4, 0.5) is 21.5 Å². The van der Waals surface area contributed by atoms with Gasteiger partial charge in [0.25, 0.3) is 5.69 Å². The van der Waals surface area contributed by atoms with Crippen molar-refractivity contribution in [3.63, 3.8) is 0 Å². The van der Waals surface area contributed by atoms with Gasteiger partial charge in [-0.15, -0.1) is 0 Å². The van der Waals surface area contributed by atoms with Gasteiger partial charge in [-0.05, 0) is 64.3 Å². The first-order chi connectivity index (χ1) is 14.0. The number of nitro groups is 2. The van der Waals surface area contributed by atoms with Gasteiger partial charge in [-0.1, -0.05) is 12.1 Å². The maximum absolute atomic E-state index is 13.2. The van der Waals surface area contributed by atoms with E-state index in [-0.39, 0.29) is 23.0 Å². The summed E-state index contributed by atoms with van der Waals surface area (Å²) in [6.07, 6.45) is 1.52. The number of anilines is 1. The summed E-state index contributed by atoms with van der Waals surface area (Å²) in [7, 11) is 7.80. The van der Waals surface area contributed by atoms with E-state index >= 15 is 0 Å². The fraction of sp³-hybridized carbons (Fsp3) is 0.400. The van der Waals surface area contributed by atoms with Gasteiger partial charge in [0.2, 0.25) is 5.82 Å². The first kappa shape index (κ1) is 31.0. The Morgan fingerprint density at radius 2 is 1.25 bits per heavy atom. The topological polar surface area (TPSA) is 185 Å². The van der Waals surface area contributed by atoms with Gasteiger partial charge in [-0.3, -0.25) is 20.2 Å². The van der Waals surface area contributed by atoms with Crippen molar-refractivity contribution in [1.82, 2.24) is 16.0 Å². The Labute approximate surface area is 186 Å². The normalized spacial score (nSPS) is 9.97. The molecule has 2 rings (SSSR count). The minimum atomic E-state index is -0.767. The van der Waals surface area contributed by atoms with Gasteiger partial charge < -0.3 is 27.2 Å². The Morgan fingerprint density at radius 1 is 0.844 bits per heavy atom. The highest BCUT2D eigenvalue weighted by Gasteiger charge is 2.13. The third kappa shape index (κ3) is 10.7. The molecule has 0 aliphatic rings. The van der Waals surface area contributed by atoms with Crippen LogP contribution in [0.2, 0.25) is 0 Å². The lowest BCUT2D eigenvalue weighted by atomic mass is 10.1. The summed E-state index contributed by atoms with van der Waals surface area (Å²) in [6, 6.07) is 8.90. The van der Waals surface area contributed by atoms with Crippen molar-refractivity contribution in [2.75, 3.05) is 47.0 Å². The van der Waals surface area contributed by atoms with Crippen LogP contribution in [-0.4, -0.2) is 66.4 Å². The molecule has 0 atom stereocenters. The van der Waals surface area contributed by atoms with Crippen molar-refractivity contribution in [2.45, 2.75) is 12.8 Å². The Bertz CT molecular complexity index is 808. The molecule has 32 heavy (non-hydrogen) atoms. The van der Waals surface area contributed by atoms with Gasteiger partial charge in [-0.2, -0.15) is 4.39 Å². The second-order valence-corrected chi connectivity index (χ2v) is 7.30. The van der Waals surface area contributed by atoms with E-state index in [1.807, 2.05) is 33.1 Å². The summed E-state index contributed by atoms with van der Waals surface area (Å²) in [5.74, 6) is -0.767. The van der Waals surface area contributed by atoms with Gasteiger partial charge in [-0.25, -0.2) is 0 Å². The average Bonchev–Trinajstić information content (AvgIpc) is 2.64. The molecular weight excluding hydrogens is 423 g/mol. The lowest BCUT2D eigenvalue weighted by Crippen LogP contribution is -2.15. The van der Waals surface area contributed by atoms with Gasteiger partial charge in [0.1, 0.15) is 5.69 Å². The molecule has 12 heteroatoms. The summed E-state index contributed by atoms with van der Waals surface area (Å²) in [5.41, 5.74) is 7.10. The standard InChI is InChI=1S/C10H13FN2O2.C10H15N3O2.H3N.H2O/c2*1-12(2)6-5-8-3-4-10(13(14)15)9(11)7-8;;/h3-4,7H,5-6H2,1-2H3;3-4,7H,5-6,11H2,1-2H3;1H3;1H2. The molecule has 0 saturated heterocycles. The number of nitrogens with zero attached hydrogens (tertiary/aromatic N) is 4. The number of nitro benzene ring substituents is 2. The van der Waals surface area contributed by atoms with Crippen LogP contribution in [0, 0.1) is 26.0 Å². The van der Waals surface area contributed by atoms with Crippen LogP contribution in [0.15, 0.2) is 36.4 Å². The summed E-state index contributed by atoms with van der Waals surface area (Å²) < 4.78 is 13.2. The second kappa shape index (κ2) is 14.8. The molecule has 0 amide bonds. The number of benzene rings is 2. The highest BCUT2D eigenvalue weighted by Crippen LogP contribution is 2.22. The molecular formula is C20H33FN6O5. The quantitative estimate of drug-likeness (QED) is 0.344. The first-order valence-electron chi connectivity index (χ1n) is 9.26. The second-order valence-electron chi connectivity index (χ2n) is 7.30. The number of nitrogen functional groups attached to an aromatic ring is 1. The molecule has 0 aromatic heterocycles. The number of halogens is 1. The van der Waals surface area contributed by atoms with E-state index in [4.69, 9.17) is 5.73 Å². The minimum absolute atomic E-state index is 0. The van der Waals surface area contributed by atoms with E-state index in [2.05, 4.69) is 4.90 Å². The molecule has 2 aromatic rings. The van der Waals surface area contributed by atoms with Crippen molar-refractivity contribution in [2.24, 2.45) is 0 Å². The van der Waals surface area contributed by atoms with Crippen molar-refractivity contribution in [3.8, 4) is 0 Å². The SMILES string of the molecule is CN(C)CCc1ccc([N+](=O)[O-])c(F)c1.CN(C)CCc1ccc([N+](=O)[O-])c(N)c1.N.O. The molecule has 2 aromatic carbocycles. The molecule has 0 unspecified atom stereocenters. The van der Waals surface area contributed by atoms with Crippen molar-refractivity contribution < 1.29 is 19.7 Å². The van der Waals surface area contributed by atoms with Crippen LogP contribution >= 0.6 is 0 Å². The first-order valence-corrected chi connectivity index (χ1v) is 9.26. The van der Waals surface area contributed by atoms with Crippen LogP contribution in [0.25, 0.3) is 0 Å². The summed E-state index contributed by atoms with van der Waals surface area (Å²) in [4.78, 5) is 23.7. The zero-order valence-electron chi connectivity index (χ0n) is 18.9. The van der Waals surface area contributed by atoms with E-state index in [1.54, 1.807) is 18.2 Å². The number of likely N-dealkylation sites (N-methyl/N-ethyl adjacent to an activating group) is 2. The van der Waals surface area contributed by atoms with Crippen LogP contribution in [0.3, 0.4) is 0 Å². The molecule has 11 nitrogen and oxygen atoms in total. The molecule has 0 heterocycles. The monoisotopic (exact) mass is 456 g/mol. The zero-order valence-corrected chi connectivity index (χ0v) is 18.9. The lowest BCUT2D eigenvalue weighted by molar-refractivity contribution is -0.387. The maximum atomic E-state index is 13.2. The maximum Gasteiger partial charge on any atom is 0.304 e. The summed E-state index contributed by atoms with van der Waals surface area (Å²) in [5, 5.41) is 20.9. The zero-order chi connectivity index (χ0) is 22.8. The number of rotatable bonds is 8. The molecule has 0 saturated carbocycles. The fourth-order valence-corrected chi connectivity index (χ4v) is 2.49. The molecule has 0 aliphatic carbocycles. The predicted molar refractivity (Wildman–Crippen MR) is 124 cm³/mol. The summed E-state index contributed by atoms with van der Waals surface area (Å²) >= 11 is 0. The molecule has 7 N–H and O–H groups in total. The van der Waals surface area contributed by atoms with Crippen LogP contribution in [-0.2, 0) is 12.8 Å². The number of hydrogen-bond donors (Lipinski definition) is 2. The van der Waals surface area contributed by atoms with E-state index in [0.29, 0.717) is 6.42 Å². The predicted octanol–water partition coefficient (Wildman–Crippen LogP) is 2.46. The molecule has 0 radical (unpaired) electrons. The highest BCUT2D eigenvalue weighted by molar-refractivity contribution is 5.59. The molecule has 0 aliphatic heterocycles. The highest BCUT2D eigenvalue weighted by atomic mass is 19.1. The van der Waals surface area contributed by atoms with Crippen LogP contribution in [0.5, 0.6) is 0 Å². The molecule has 180 valence electrons. The van der Waals surface area contributed by atoms with E-state index < -0.39 is 21.4 Å². The molecule has 0 bridgehead atoms. The van der Waals surface area contributed by atoms with Gasteiger partial charge in [0, 0.05) is 25.2 Å². The minimum Gasteiger partial charge on any atom is -0.412 e. The third-order valence-corrected chi connectivity index (χ3v) is 4.19. The Morgan fingerprint density at radius 3 is 1.59 bits per heavy atom. The average molecular weight is 457 g/mol. The molecule has 0 fully saturated rings.